The average Bonchev–Trinajstić information content (AvgIpc) is 2.27. The summed E-state index contributed by atoms with van der Waals surface area (Å²) in [6.45, 7) is 1.67. The molecule has 0 saturated carbocycles. The summed E-state index contributed by atoms with van der Waals surface area (Å²) >= 11 is 0. The van der Waals surface area contributed by atoms with E-state index in [2.05, 4.69) is 4.99 Å². The fourth-order valence-electron chi connectivity index (χ4n) is 1.34. The molecule has 0 unspecified atom stereocenters. The Morgan fingerprint density at radius 3 is 3.00 bits per heavy atom. The molecule has 0 saturated heterocycles. The number of ketones is 1. The topological polar surface area (TPSA) is 55.7 Å². The van der Waals surface area contributed by atoms with Gasteiger partial charge in [0.1, 0.15) is 23.8 Å². The van der Waals surface area contributed by atoms with Crippen molar-refractivity contribution >= 4 is 23.5 Å². The lowest BCUT2D eigenvalue weighted by molar-refractivity contribution is -0.102. The van der Waals surface area contributed by atoms with E-state index in [4.69, 9.17) is 4.74 Å². The van der Waals surface area contributed by atoms with Gasteiger partial charge in [0.15, 0.2) is 12.1 Å². The fourth-order valence-corrected chi connectivity index (χ4v) is 1.34. The fraction of sp³-hybridized carbons (Fsp3) is 0.182. The Kier molecular flexibility index (Phi) is 2.33. The number of aliphatic imine (C=N–C) groups is 1. The molecule has 0 spiro atoms. The number of ether oxygens (including phenoxy) is 1. The molecule has 4 heteroatoms. The highest BCUT2D eigenvalue weighted by molar-refractivity contribution is 6.30. The first kappa shape index (κ1) is 9.58. The van der Waals surface area contributed by atoms with Crippen LogP contribution in [0.4, 0.5) is 5.69 Å². The Balaban J connectivity index is 2.48. The van der Waals surface area contributed by atoms with Crippen LogP contribution in [0.25, 0.3) is 0 Å². The molecule has 0 amide bonds. The van der Waals surface area contributed by atoms with E-state index in [0.717, 1.165) is 0 Å². The van der Waals surface area contributed by atoms with E-state index >= 15 is 0 Å². The van der Waals surface area contributed by atoms with E-state index < -0.39 is 0 Å². The number of carbonyl (C=O) groups is 2. The Bertz CT molecular complexity index is 463. The average molecular weight is 203 g/mol. The number of Topliss-reactive ketones (excluding diaryl/α,β-unsaturated/α-hetero) is 1. The summed E-state index contributed by atoms with van der Waals surface area (Å²) in [5.74, 6) is 0.567. The van der Waals surface area contributed by atoms with Crippen LogP contribution in [0.2, 0.25) is 0 Å². The zero-order valence-corrected chi connectivity index (χ0v) is 8.19. The third-order valence-electron chi connectivity index (χ3n) is 2.14. The van der Waals surface area contributed by atoms with Gasteiger partial charge in [0.25, 0.3) is 0 Å². The van der Waals surface area contributed by atoms with Gasteiger partial charge in [-0.15, -0.1) is 0 Å². The van der Waals surface area contributed by atoms with Crippen LogP contribution in [0.3, 0.4) is 0 Å². The predicted molar refractivity (Wildman–Crippen MR) is 55.1 cm³/mol. The summed E-state index contributed by atoms with van der Waals surface area (Å²) in [4.78, 5) is 25.7. The highest BCUT2D eigenvalue weighted by Gasteiger charge is 2.13. The molecule has 0 bridgehead atoms. The quantitative estimate of drug-likeness (QED) is 0.541. The summed E-state index contributed by atoms with van der Waals surface area (Å²) in [5.41, 5.74) is 1.44. The number of hydrogen-bond acceptors (Lipinski definition) is 4. The molecule has 1 aliphatic heterocycles. The van der Waals surface area contributed by atoms with Gasteiger partial charge < -0.3 is 4.74 Å². The SMILES string of the molecule is CC(=O)c1ccc2c(c1)N=C(C=O)CO2. The van der Waals surface area contributed by atoms with Gasteiger partial charge in [0.05, 0.1) is 0 Å². The van der Waals surface area contributed by atoms with Crippen LogP contribution in [-0.4, -0.2) is 24.4 Å². The zero-order valence-electron chi connectivity index (χ0n) is 8.19. The summed E-state index contributed by atoms with van der Waals surface area (Å²) < 4.78 is 5.29. The van der Waals surface area contributed by atoms with Crippen LogP contribution in [0, 0.1) is 0 Å². The van der Waals surface area contributed by atoms with Crippen LogP contribution in [0.15, 0.2) is 23.2 Å². The Morgan fingerprint density at radius 1 is 1.53 bits per heavy atom. The number of aldehydes is 1. The Morgan fingerprint density at radius 2 is 2.33 bits per heavy atom. The van der Waals surface area contributed by atoms with Crippen molar-refractivity contribution < 1.29 is 14.3 Å². The predicted octanol–water partition coefficient (Wildman–Crippen LogP) is 1.55. The molecule has 1 aromatic carbocycles. The van der Waals surface area contributed by atoms with E-state index in [9.17, 15) is 9.59 Å². The summed E-state index contributed by atoms with van der Waals surface area (Å²) in [6.07, 6.45) is 0.656. The normalized spacial score (nSPS) is 13.5. The van der Waals surface area contributed by atoms with Crippen LogP contribution >= 0.6 is 0 Å². The van der Waals surface area contributed by atoms with Crippen LogP contribution in [-0.2, 0) is 4.79 Å². The molecule has 76 valence electrons. The molecule has 15 heavy (non-hydrogen) atoms. The van der Waals surface area contributed by atoms with Gasteiger partial charge >= 0.3 is 0 Å². The zero-order chi connectivity index (χ0) is 10.8. The van der Waals surface area contributed by atoms with Gasteiger partial charge in [-0.05, 0) is 25.1 Å². The van der Waals surface area contributed by atoms with Gasteiger partial charge in [0.2, 0.25) is 0 Å². The maximum atomic E-state index is 11.1. The highest BCUT2D eigenvalue weighted by Crippen LogP contribution is 2.31. The molecule has 0 radical (unpaired) electrons. The van der Waals surface area contributed by atoms with Gasteiger partial charge in [-0.3, -0.25) is 9.59 Å². The molecule has 0 atom stereocenters. The number of fused-ring (bicyclic) bond motifs is 1. The van der Waals surface area contributed by atoms with Gasteiger partial charge in [-0.25, -0.2) is 4.99 Å². The molecule has 0 fully saturated rings. The van der Waals surface area contributed by atoms with E-state index in [1.54, 1.807) is 18.2 Å². The molecule has 0 aromatic heterocycles. The van der Waals surface area contributed by atoms with E-state index in [1.807, 2.05) is 0 Å². The Hall–Kier alpha value is -1.97. The summed E-state index contributed by atoms with van der Waals surface area (Å²) in [7, 11) is 0. The second-order valence-electron chi connectivity index (χ2n) is 3.25. The van der Waals surface area contributed by atoms with E-state index in [-0.39, 0.29) is 12.4 Å². The molecular weight excluding hydrogens is 194 g/mol. The molecule has 1 aromatic rings. The smallest absolute Gasteiger partial charge is 0.167 e. The minimum Gasteiger partial charge on any atom is -0.485 e. The molecule has 4 nitrogen and oxygen atoms in total. The van der Waals surface area contributed by atoms with Crippen molar-refractivity contribution in [2.45, 2.75) is 6.92 Å². The first-order valence-electron chi connectivity index (χ1n) is 4.51. The van der Waals surface area contributed by atoms with Crippen molar-refractivity contribution in [2.75, 3.05) is 6.61 Å². The molecule has 0 aliphatic carbocycles. The second kappa shape index (κ2) is 3.65. The van der Waals surface area contributed by atoms with Crippen molar-refractivity contribution in [1.29, 1.82) is 0 Å². The lowest BCUT2D eigenvalue weighted by atomic mass is 10.1. The van der Waals surface area contributed by atoms with Crippen molar-refractivity contribution in [3.05, 3.63) is 23.8 Å². The monoisotopic (exact) mass is 203 g/mol. The highest BCUT2D eigenvalue weighted by atomic mass is 16.5. The van der Waals surface area contributed by atoms with Gasteiger partial charge in [-0.2, -0.15) is 0 Å². The second-order valence-corrected chi connectivity index (χ2v) is 3.25. The molecular formula is C11H9NO3. The first-order valence-corrected chi connectivity index (χ1v) is 4.51. The molecule has 2 rings (SSSR count). The van der Waals surface area contributed by atoms with Crippen LogP contribution in [0.1, 0.15) is 17.3 Å². The number of hydrogen-bond donors (Lipinski definition) is 0. The molecule has 1 heterocycles. The van der Waals surface area contributed by atoms with Gasteiger partial charge in [0, 0.05) is 5.56 Å². The molecule has 0 N–H and O–H groups in total. The summed E-state index contributed by atoms with van der Waals surface area (Å²) in [5, 5.41) is 0. The lowest BCUT2D eigenvalue weighted by Crippen LogP contribution is -2.16. The lowest BCUT2D eigenvalue weighted by Gasteiger charge is -2.14. The molecule has 1 aliphatic rings. The first-order chi connectivity index (χ1) is 7.20. The van der Waals surface area contributed by atoms with Crippen molar-refractivity contribution in [2.24, 2.45) is 4.99 Å². The minimum absolute atomic E-state index is 0.0359. The third kappa shape index (κ3) is 1.79. The van der Waals surface area contributed by atoms with Crippen molar-refractivity contribution in [3.8, 4) is 5.75 Å². The van der Waals surface area contributed by atoms with Crippen molar-refractivity contribution in [1.82, 2.24) is 0 Å². The number of nitrogens with zero attached hydrogens (tertiary/aromatic N) is 1. The van der Waals surface area contributed by atoms with Crippen LogP contribution < -0.4 is 4.74 Å². The third-order valence-corrected chi connectivity index (χ3v) is 2.14. The number of rotatable bonds is 2. The maximum absolute atomic E-state index is 11.1. The van der Waals surface area contributed by atoms with Crippen molar-refractivity contribution in [3.63, 3.8) is 0 Å². The standard InChI is InChI=1S/C11H9NO3/c1-7(14)8-2-3-11-10(4-8)12-9(5-13)6-15-11/h2-5H,6H2,1H3. The largest absolute Gasteiger partial charge is 0.485 e. The van der Waals surface area contributed by atoms with E-state index in [0.29, 0.717) is 29.0 Å². The Labute approximate surface area is 86.6 Å². The number of carbonyl (C=O) groups excluding carboxylic acids is 2. The van der Waals surface area contributed by atoms with Crippen LogP contribution in [0.5, 0.6) is 5.75 Å². The minimum atomic E-state index is -0.0359. The van der Waals surface area contributed by atoms with Gasteiger partial charge in [-0.1, -0.05) is 0 Å². The summed E-state index contributed by atoms with van der Waals surface area (Å²) in [6, 6.07) is 5.00. The number of benzene rings is 1. The maximum Gasteiger partial charge on any atom is 0.167 e. The van der Waals surface area contributed by atoms with E-state index in [1.165, 1.54) is 6.92 Å².